The van der Waals surface area contributed by atoms with E-state index >= 15 is 0 Å². The van der Waals surface area contributed by atoms with E-state index in [1.165, 1.54) is 11.8 Å². The molecule has 2 aromatic rings. The number of aromatic nitrogens is 3. The fourth-order valence-electron chi connectivity index (χ4n) is 4.95. The van der Waals surface area contributed by atoms with E-state index in [1.807, 2.05) is 12.1 Å². The molecule has 7 nitrogen and oxygen atoms in total. The van der Waals surface area contributed by atoms with Crippen molar-refractivity contribution in [2.75, 3.05) is 11.1 Å². The Morgan fingerprint density at radius 1 is 1.24 bits per heavy atom. The van der Waals surface area contributed by atoms with Gasteiger partial charge >= 0.3 is 0 Å². The summed E-state index contributed by atoms with van der Waals surface area (Å²) in [6.45, 7) is 11.0. The number of nitrogens with zero attached hydrogens (tertiary/aromatic N) is 2. The highest BCUT2D eigenvalue weighted by molar-refractivity contribution is 14.1. The highest BCUT2D eigenvalue weighted by Gasteiger charge is 2.41. The van der Waals surface area contributed by atoms with Gasteiger partial charge in [0.2, 0.25) is 0 Å². The number of nitrogens with one attached hydrogen (secondary N) is 2. The number of allylic oxidation sites excluding steroid dienone is 2. The van der Waals surface area contributed by atoms with Gasteiger partial charge < -0.3 is 20.8 Å². The van der Waals surface area contributed by atoms with Gasteiger partial charge in [0.25, 0.3) is 5.91 Å². The van der Waals surface area contributed by atoms with Crippen molar-refractivity contribution in [2.45, 2.75) is 81.8 Å². The quantitative estimate of drug-likeness (QED) is 0.310. The lowest BCUT2D eigenvalue weighted by Gasteiger charge is -2.44. The van der Waals surface area contributed by atoms with Gasteiger partial charge in [-0.05, 0) is 98.6 Å². The third-order valence-electron chi connectivity index (χ3n) is 6.51. The molecule has 1 saturated heterocycles. The number of ether oxygens (including phenoxy) is 1. The molecule has 4 rings (SSSR count). The number of halogens is 1. The number of carbonyl (C=O) groups excluding carboxylic acids is 1. The minimum Gasteiger partial charge on any atom is -0.384 e. The highest BCUT2D eigenvalue weighted by atomic mass is 127. The molecular formula is C25H34IN5O2. The first-order valence-corrected chi connectivity index (χ1v) is 12.6. The van der Waals surface area contributed by atoms with E-state index in [4.69, 9.17) is 15.5 Å². The predicted molar refractivity (Wildman–Crippen MR) is 140 cm³/mol. The number of aromatic amines is 1. The molecule has 0 radical (unpaired) electrons. The maximum atomic E-state index is 12.8. The van der Waals surface area contributed by atoms with Crippen molar-refractivity contribution < 1.29 is 9.53 Å². The fourth-order valence-corrected chi connectivity index (χ4v) is 6.07. The van der Waals surface area contributed by atoms with E-state index < -0.39 is 0 Å². The van der Waals surface area contributed by atoms with Crippen LogP contribution in [0.5, 0.6) is 0 Å². The summed E-state index contributed by atoms with van der Waals surface area (Å²) in [5, 5.41) is 3.00. The van der Waals surface area contributed by atoms with Crippen LogP contribution in [0.25, 0.3) is 5.57 Å². The molecule has 1 aliphatic heterocycles. The van der Waals surface area contributed by atoms with Gasteiger partial charge in [-0.15, -0.1) is 0 Å². The average molecular weight is 563 g/mol. The molecule has 2 atom stereocenters. The van der Waals surface area contributed by atoms with Crippen molar-refractivity contribution in [3.05, 3.63) is 41.6 Å². The molecule has 1 fully saturated rings. The number of nitrogens with two attached hydrogens (primary N) is 1. The van der Waals surface area contributed by atoms with Crippen molar-refractivity contribution >= 4 is 45.6 Å². The van der Waals surface area contributed by atoms with Crippen molar-refractivity contribution in [3.8, 4) is 0 Å². The molecule has 178 valence electrons. The standard InChI is InChI=1S/C25H34IN5O2/c1-23(2)10-8-15(9-11-23)20-18(30-22(32)21-28-14-19(27)31-21)7-6-17(29-20)16-12-24(3,4)33-25(5,26)13-16/h6-8,14,16H,9-13,27H2,1-5H3,(H,28,31)(H,30,32). The normalized spacial score (nSPS) is 26.5. The summed E-state index contributed by atoms with van der Waals surface area (Å²) in [5.41, 5.74) is 9.56. The Hall–Kier alpha value is -1.94. The Labute approximate surface area is 209 Å². The summed E-state index contributed by atoms with van der Waals surface area (Å²) in [4.78, 5) is 24.8. The molecule has 3 heterocycles. The van der Waals surface area contributed by atoms with E-state index in [9.17, 15) is 4.79 Å². The predicted octanol–water partition coefficient (Wildman–Crippen LogP) is 6.06. The molecule has 2 unspecified atom stereocenters. The molecular weight excluding hydrogens is 529 g/mol. The first-order valence-electron chi connectivity index (χ1n) is 11.5. The molecule has 0 saturated carbocycles. The third-order valence-corrected chi connectivity index (χ3v) is 7.17. The van der Waals surface area contributed by atoms with Crippen LogP contribution in [0.15, 0.2) is 24.4 Å². The molecule has 33 heavy (non-hydrogen) atoms. The first-order chi connectivity index (χ1) is 15.3. The minimum atomic E-state index is -0.328. The number of hydrogen-bond donors (Lipinski definition) is 3. The zero-order chi connectivity index (χ0) is 24.0. The van der Waals surface area contributed by atoms with Crippen LogP contribution in [0, 0.1) is 5.41 Å². The number of amides is 1. The number of hydrogen-bond acceptors (Lipinski definition) is 5. The molecule has 2 aliphatic rings. The van der Waals surface area contributed by atoms with Crippen LogP contribution in [-0.2, 0) is 4.74 Å². The Morgan fingerprint density at radius 2 is 2.00 bits per heavy atom. The lowest BCUT2D eigenvalue weighted by molar-refractivity contribution is -0.115. The van der Waals surface area contributed by atoms with Crippen LogP contribution in [-0.4, -0.2) is 30.1 Å². The zero-order valence-corrected chi connectivity index (χ0v) is 22.2. The van der Waals surface area contributed by atoms with Crippen molar-refractivity contribution in [1.82, 2.24) is 15.0 Å². The van der Waals surface area contributed by atoms with Crippen LogP contribution < -0.4 is 11.1 Å². The molecule has 0 spiro atoms. The summed E-state index contributed by atoms with van der Waals surface area (Å²) in [5.74, 6) is 0.499. The Morgan fingerprint density at radius 3 is 2.61 bits per heavy atom. The topological polar surface area (TPSA) is 106 Å². The van der Waals surface area contributed by atoms with Crippen LogP contribution >= 0.6 is 22.6 Å². The smallest absolute Gasteiger partial charge is 0.291 e. The third kappa shape index (κ3) is 5.77. The molecule has 1 amide bonds. The molecule has 0 aromatic carbocycles. The Kier molecular flexibility index (Phi) is 6.37. The second kappa shape index (κ2) is 8.69. The van der Waals surface area contributed by atoms with E-state index in [1.54, 1.807) is 0 Å². The minimum absolute atomic E-state index is 0.188. The van der Waals surface area contributed by atoms with Gasteiger partial charge in [-0.1, -0.05) is 19.9 Å². The fraction of sp³-hybridized carbons (Fsp3) is 0.560. The van der Waals surface area contributed by atoms with Gasteiger partial charge in [0.1, 0.15) is 9.43 Å². The SMILES string of the molecule is CC1(C)CC=C(c2nc(C3CC(C)(C)OC(C)(I)C3)ccc2NC(=O)c2ncc(N)[nH]2)CC1. The van der Waals surface area contributed by atoms with Crippen LogP contribution in [0.3, 0.4) is 0 Å². The average Bonchev–Trinajstić information content (AvgIpc) is 3.12. The second-order valence-electron chi connectivity index (χ2n) is 10.9. The van der Waals surface area contributed by atoms with Crippen molar-refractivity contribution in [2.24, 2.45) is 5.41 Å². The number of H-pyrrole nitrogens is 1. The lowest BCUT2D eigenvalue weighted by Crippen LogP contribution is -2.42. The number of pyridine rings is 1. The monoisotopic (exact) mass is 563 g/mol. The molecule has 2 aromatic heterocycles. The highest BCUT2D eigenvalue weighted by Crippen LogP contribution is 2.47. The maximum Gasteiger partial charge on any atom is 0.291 e. The molecule has 0 bridgehead atoms. The number of rotatable bonds is 4. The first kappa shape index (κ1) is 24.2. The summed E-state index contributed by atoms with van der Waals surface area (Å²) < 4.78 is 6.04. The van der Waals surface area contributed by atoms with E-state index in [0.29, 0.717) is 11.5 Å². The van der Waals surface area contributed by atoms with Gasteiger partial charge in [0, 0.05) is 11.6 Å². The second-order valence-corrected chi connectivity index (χ2v) is 13.2. The van der Waals surface area contributed by atoms with Gasteiger partial charge in [-0.25, -0.2) is 4.98 Å². The van der Waals surface area contributed by atoms with Crippen LogP contribution in [0.1, 0.15) is 94.6 Å². The van der Waals surface area contributed by atoms with Gasteiger partial charge in [0.05, 0.1) is 23.2 Å². The number of anilines is 2. The van der Waals surface area contributed by atoms with Crippen LogP contribution in [0.4, 0.5) is 11.5 Å². The van der Waals surface area contributed by atoms with E-state index in [-0.39, 0.29) is 32.3 Å². The van der Waals surface area contributed by atoms with E-state index in [2.05, 4.69) is 78.6 Å². The van der Waals surface area contributed by atoms with Gasteiger partial charge in [0.15, 0.2) is 5.82 Å². The summed E-state index contributed by atoms with van der Waals surface area (Å²) in [7, 11) is 0. The molecule has 1 aliphatic carbocycles. The number of carbonyl (C=O) groups is 1. The van der Waals surface area contributed by atoms with Crippen molar-refractivity contribution in [3.63, 3.8) is 0 Å². The van der Waals surface area contributed by atoms with Crippen molar-refractivity contribution in [1.29, 1.82) is 0 Å². The molecule has 8 heteroatoms. The Bertz CT molecular complexity index is 1070. The lowest BCUT2D eigenvalue weighted by atomic mass is 9.77. The van der Waals surface area contributed by atoms with Gasteiger partial charge in [-0.3, -0.25) is 9.78 Å². The summed E-state index contributed by atoms with van der Waals surface area (Å²) in [6, 6.07) is 4.02. The maximum absolute atomic E-state index is 12.8. The molecule has 4 N–H and O–H groups in total. The summed E-state index contributed by atoms with van der Waals surface area (Å²) >= 11 is 2.41. The number of alkyl halides is 1. The zero-order valence-electron chi connectivity index (χ0n) is 20.1. The Balaban J connectivity index is 1.70. The number of imidazole rings is 1. The largest absolute Gasteiger partial charge is 0.384 e. The number of nitrogen functional groups attached to an aromatic ring is 1. The van der Waals surface area contributed by atoms with Crippen LogP contribution in [0.2, 0.25) is 0 Å². The van der Waals surface area contributed by atoms with E-state index in [0.717, 1.165) is 43.5 Å². The summed E-state index contributed by atoms with van der Waals surface area (Å²) in [6.07, 6.45) is 8.54. The van der Waals surface area contributed by atoms with Gasteiger partial charge in [-0.2, -0.15) is 0 Å².